The lowest BCUT2D eigenvalue weighted by Crippen LogP contribution is -2.19. The summed E-state index contributed by atoms with van der Waals surface area (Å²) in [5.74, 6) is 1.57. The monoisotopic (exact) mass is 350 g/mol. The van der Waals surface area contributed by atoms with Gasteiger partial charge in [0, 0.05) is 5.33 Å². The van der Waals surface area contributed by atoms with Gasteiger partial charge in [0.05, 0.1) is 0 Å². The van der Waals surface area contributed by atoms with Crippen LogP contribution in [0.4, 0.5) is 13.2 Å². The lowest BCUT2D eigenvalue weighted by atomic mass is 9.79. The first-order valence-electron chi connectivity index (χ1n) is 6.83. The molecule has 0 heterocycles. The molecular weight excluding hydrogens is 333 g/mol. The van der Waals surface area contributed by atoms with Crippen LogP contribution in [0.5, 0.6) is 5.75 Å². The van der Waals surface area contributed by atoms with E-state index in [0.717, 1.165) is 24.1 Å². The predicted molar refractivity (Wildman–Crippen MR) is 76.5 cm³/mol. The van der Waals surface area contributed by atoms with Crippen molar-refractivity contribution >= 4 is 15.9 Å². The van der Waals surface area contributed by atoms with Gasteiger partial charge >= 0.3 is 6.18 Å². The molecule has 0 radical (unpaired) electrons. The molecule has 1 aromatic carbocycles. The highest BCUT2D eigenvalue weighted by Crippen LogP contribution is 2.36. The van der Waals surface area contributed by atoms with Gasteiger partial charge in [0.1, 0.15) is 5.75 Å². The maximum atomic E-state index is 12.1. The van der Waals surface area contributed by atoms with E-state index in [2.05, 4.69) is 15.9 Å². The summed E-state index contributed by atoms with van der Waals surface area (Å²) in [5.41, 5.74) is 1.21. The van der Waals surface area contributed by atoms with Crippen LogP contribution in [0.1, 0.15) is 37.2 Å². The van der Waals surface area contributed by atoms with E-state index >= 15 is 0 Å². The summed E-state index contributed by atoms with van der Waals surface area (Å²) >= 11 is 3.52. The van der Waals surface area contributed by atoms with Crippen molar-refractivity contribution in [2.75, 3.05) is 11.9 Å². The van der Waals surface area contributed by atoms with Crippen LogP contribution in [0, 0.1) is 5.92 Å². The Labute approximate surface area is 125 Å². The van der Waals surface area contributed by atoms with Gasteiger partial charge in [0.25, 0.3) is 0 Å². The molecule has 0 bridgehead atoms. The molecule has 2 rings (SSSR count). The number of rotatable bonds is 4. The summed E-state index contributed by atoms with van der Waals surface area (Å²) in [6.45, 7) is -1.23. The normalized spacial score (nSPS) is 23.6. The summed E-state index contributed by atoms with van der Waals surface area (Å²) in [4.78, 5) is 0. The van der Waals surface area contributed by atoms with Crippen LogP contribution in [-0.4, -0.2) is 18.1 Å². The highest BCUT2D eigenvalue weighted by molar-refractivity contribution is 9.09. The van der Waals surface area contributed by atoms with Crippen molar-refractivity contribution in [2.45, 2.75) is 37.8 Å². The molecular formula is C15H18BrF3O. The molecule has 112 valence electrons. The molecule has 1 aliphatic carbocycles. The molecule has 5 heteroatoms. The third-order valence-corrected chi connectivity index (χ3v) is 4.73. The van der Waals surface area contributed by atoms with E-state index in [1.165, 1.54) is 18.4 Å². The number of hydrogen-bond acceptors (Lipinski definition) is 1. The molecule has 1 aliphatic rings. The zero-order chi connectivity index (χ0) is 14.6. The van der Waals surface area contributed by atoms with E-state index < -0.39 is 12.8 Å². The Bertz CT molecular complexity index is 408. The van der Waals surface area contributed by atoms with Crippen LogP contribution in [0.25, 0.3) is 0 Å². The van der Waals surface area contributed by atoms with Crippen molar-refractivity contribution in [1.29, 1.82) is 0 Å². The molecule has 0 atom stereocenters. The maximum absolute atomic E-state index is 12.1. The molecule has 0 aromatic heterocycles. The van der Waals surface area contributed by atoms with E-state index in [4.69, 9.17) is 4.74 Å². The Morgan fingerprint density at radius 2 is 1.65 bits per heavy atom. The van der Waals surface area contributed by atoms with Crippen LogP contribution in [-0.2, 0) is 0 Å². The van der Waals surface area contributed by atoms with Gasteiger partial charge in [-0.05, 0) is 55.2 Å². The standard InChI is InChI=1S/C15H18BrF3O/c16-9-11-1-3-12(4-2-11)13-5-7-14(8-6-13)20-10-15(17,18)19/h5-8,11-12H,1-4,9-10H2/t11-,12-. The smallest absolute Gasteiger partial charge is 0.422 e. The minimum absolute atomic E-state index is 0.278. The van der Waals surface area contributed by atoms with Crippen molar-refractivity contribution in [3.05, 3.63) is 29.8 Å². The summed E-state index contributed by atoms with van der Waals surface area (Å²) < 4.78 is 40.9. The van der Waals surface area contributed by atoms with Crippen LogP contribution in [0.3, 0.4) is 0 Å². The van der Waals surface area contributed by atoms with Crippen molar-refractivity contribution < 1.29 is 17.9 Å². The van der Waals surface area contributed by atoms with Crippen molar-refractivity contribution in [3.63, 3.8) is 0 Å². The van der Waals surface area contributed by atoms with E-state index in [1.807, 2.05) is 12.1 Å². The molecule has 1 nitrogen and oxygen atoms in total. The number of hydrogen-bond donors (Lipinski definition) is 0. The molecule has 0 spiro atoms. The van der Waals surface area contributed by atoms with E-state index in [1.54, 1.807) is 12.1 Å². The van der Waals surface area contributed by atoms with Gasteiger partial charge in [0.15, 0.2) is 6.61 Å². The van der Waals surface area contributed by atoms with Gasteiger partial charge in [-0.25, -0.2) is 0 Å². The maximum Gasteiger partial charge on any atom is 0.422 e. The molecule has 20 heavy (non-hydrogen) atoms. The molecule has 1 fully saturated rings. The number of halogens is 4. The summed E-state index contributed by atoms with van der Waals surface area (Å²) in [6.07, 6.45) is 0.440. The Kier molecular flexibility index (Phi) is 5.35. The van der Waals surface area contributed by atoms with Crippen molar-refractivity contribution in [2.24, 2.45) is 5.92 Å². The average Bonchev–Trinajstić information content (AvgIpc) is 2.45. The van der Waals surface area contributed by atoms with Gasteiger partial charge < -0.3 is 4.74 Å². The molecule has 0 amide bonds. The van der Waals surface area contributed by atoms with Gasteiger partial charge in [-0.15, -0.1) is 0 Å². The van der Waals surface area contributed by atoms with Crippen LogP contribution in [0.15, 0.2) is 24.3 Å². The highest BCUT2D eigenvalue weighted by Gasteiger charge is 2.28. The fraction of sp³-hybridized carbons (Fsp3) is 0.600. The van der Waals surface area contributed by atoms with Crippen LogP contribution < -0.4 is 4.74 Å². The lowest BCUT2D eigenvalue weighted by molar-refractivity contribution is -0.153. The van der Waals surface area contributed by atoms with E-state index in [-0.39, 0.29) is 5.75 Å². The third kappa shape index (κ3) is 4.69. The Balaban J connectivity index is 1.88. The number of ether oxygens (including phenoxy) is 1. The summed E-state index contributed by atoms with van der Waals surface area (Å²) in [5, 5.41) is 1.06. The quantitative estimate of drug-likeness (QED) is 0.669. The van der Waals surface area contributed by atoms with Crippen LogP contribution in [0.2, 0.25) is 0 Å². The average molecular weight is 351 g/mol. The second-order valence-electron chi connectivity index (χ2n) is 5.34. The predicted octanol–water partition coefficient (Wildman–Crippen LogP) is 5.30. The van der Waals surface area contributed by atoms with Crippen LogP contribution >= 0.6 is 15.9 Å². The number of benzene rings is 1. The van der Waals surface area contributed by atoms with E-state index in [0.29, 0.717) is 5.92 Å². The minimum Gasteiger partial charge on any atom is -0.484 e. The molecule has 1 saturated carbocycles. The largest absolute Gasteiger partial charge is 0.484 e. The zero-order valence-electron chi connectivity index (χ0n) is 11.1. The van der Waals surface area contributed by atoms with Gasteiger partial charge in [0.2, 0.25) is 0 Å². The fourth-order valence-corrected chi connectivity index (χ4v) is 3.30. The lowest BCUT2D eigenvalue weighted by Gasteiger charge is -2.27. The number of alkyl halides is 4. The SMILES string of the molecule is FC(F)(F)COc1ccc([C@H]2CC[C@H](CBr)CC2)cc1. The molecule has 1 aromatic rings. The summed E-state index contributed by atoms with van der Waals surface area (Å²) in [7, 11) is 0. The minimum atomic E-state index is -4.28. The molecule has 0 aliphatic heterocycles. The van der Waals surface area contributed by atoms with Crippen molar-refractivity contribution in [3.8, 4) is 5.75 Å². The Morgan fingerprint density at radius 3 is 2.15 bits per heavy atom. The first-order valence-corrected chi connectivity index (χ1v) is 7.95. The molecule has 0 N–H and O–H groups in total. The Morgan fingerprint density at radius 1 is 1.05 bits per heavy atom. The van der Waals surface area contributed by atoms with E-state index in [9.17, 15) is 13.2 Å². The topological polar surface area (TPSA) is 9.23 Å². The first-order chi connectivity index (χ1) is 9.48. The molecule has 0 saturated heterocycles. The Hall–Kier alpha value is -0.710. The summed E-state index contributed by atoms with van der Waals surface area (Å²) in [6, 6.07) is 7.06. The fourth-order valence-electron chi connectivity index (χ4n) is 2.65. The second-order valence-corrected chi connectivity index (χ2v) is 5.99. The third-order valence-electron chi connectivity index (χ3n) is 3.82. The first kappa shape index (κ1) is 15.7. The van der Waals surface area contributed by atoms with Gasteiger partial charge in [-0.2, -0.15) is 13.2 Å². The zero-order valence-corrected chi connectivity index (χ0v) is 12.7. The molecule has 0 unspecified atom stereocenters. The van der Waals surface area contributed by atoms with Gasteiger partial charge in [-0.1, -0.05) is 28.1 Å². The second kappa shape index (κ2) is 6.83. The van der Waals surface area contributed by atoms with Crippen molar-refractivity contribution in [1.82, 2.24) is 0 Å². The van der Waals surface area contributed by atoms with Gasteiger partial charge in [-0.3, -0.25) is 0 Å². The highest BCUT2D eigenvalue weighted by atomic mass is 79.9.